The Morgan fingerprint density at radius 2 is 1.84 bits per heavy atom. The summed E-state index contributed by atoms with van der Waals surface area (Å²) in [6, 6.07) is 15.8. The van der Waals surface area contributed by atoms with Crippen LogP contribution in [0.4, 0.5) is 0 Å². The molecule has 0 aliphatic rings. The van der Waals surface area contributed by atoms with Crippen molar-refractivity contribution >= 4 is 29.9 Å². The summed E-state index contributed by atoms with van der Waals surface area (Å²) >= 11 is 0. The molecule has 1 unspecified atom stereocenters. The van der Waals surface area contributed by atoms with Crippen LogP contribution < -0.4 is 10.6 Å². The Bertz CT molecular complexity index is 671. The minimum Gasteiger partial charge on any atom is -0.508 e. The van der Waals surface area contributed by atoms with Crippen LogP contribution in [-0.4, -0.2) is 24.2 Å². The number of phenolic OH excluding ortho intramolecular Hbond substituents is 1. The Morgan fingerprint density at radius 3 is 2.48 bits per heavy atom. The van der Waals surface area contributed by atoms with Gasteiger partial charge in [0.05, 0.1) is 6.54 Å². The first kappa shape index (κ1) is 21.3. The van der Waals surface area contributed by atoms with E-state index in [0.717, 1.165) is 24.6 Å². The zero-order chi connectivity index (χ0) is 17.4. The van der Waals surface area contributed by atoms with Crippen molar-refractivity contribution in [2.75, 3.05) is 13.1 Å². The van der Waals surface area contributed by atoms with Crippen molar-refractivity contribution in [1.29, 1.82) is 0 Å². The van der Waals surface area contributed by atoms with Crippen molar-refractivity contribution in [2.45, 2.75) is 33.2 Å². The van der Waals surface area contributed by atoms with Gasteiger partial charge in [0, 0.05) is 13.1 Å². The Kier molecular flexibility index (Phi) is 9.34. The van der Waals surface area contributed by atoms with E-state index in [1.165, 1.54) is 11.1 Å². The highest BCUT2D eigenvalue weighted by Crippen LogP contribution is 2.15. The molecule has 0 amide bonds. The van der Waals surface area contributed by atoms with Crippen LogP contribution in [0.25, 0.3) is 0 Å². The third kappa shape index (κ3) is 7.34. The first-order chi connectivity index (χ1) is 11.6. The quantitative estimate of drug-likeness (QED) is 0.350. The van der Waals surface area contributed by atoms with Crippen molar-refractivity contribution in [1.82, 2.24) is 10.6 Å². The summed E-state index contributed by atoms with van der Waals surface area (Å²) in [5.41, 5.74) is 3.68. The monoisotopic (exact) mass is 453 g/mol. The van der Waals surface area contributed by atoms with Crippen LogP contribution in [0.1, 0.15) is 36.5 Å². The number of aliphatic imine (C=N–C) groups is 1. The number of phenols is 1. The van der Waals surface area contributed by atoms with E-state index in [1.54, 1.807) is 12.1 Å². The van der Waals surface area contributed by atoms with E-state index in [0.29, 0.717) is 12.5 Å². The summed E-state index contributed by atoms with van der Waals surface area (Å²) in [5, 5.41) is 16.0. The first-order valence-corrected chi connectivity index (χ1v) is 8.45. The summed E-state index contributed by atoms with van der Waals surface area (Å²) in [6.45, 7) is 8.61. The van der Waals surface area contributed by atoms with Crippen molar-refractivity contribution in [3.05, 3.63) is 65.2 Å². The lowest BCUT2D eigenvalue weighted by Gasteiger charge is -2.16. The topological polar surface area (TPSA) is 56.7 Å². The fraction of sp³-hybridized carbons (Fsp3) is 0.350. The Balaban J connectivity index is 0.00000312. The van der Waals surface area contributed by atoms with E-state index in [2.05, 4.69) is 60.7 Å². The van der Waals surface area contributed by atoms with E-state index in [4.69, 9.17) is 0 Å². The normalized spacial score (nSPS) is 12.2. The van der Waals surface area contributed by atoms with Gasteiger partial charge in [-0.15, -0.1) is 24.0 Å². The molecule has 5 heteroatoms. The number of hydrogen-bond acceptors (Lipinski definition) is 2. The maximum atomic E-state index is 9.33. The van der Waals surface area contributed by atoms with Crippen LogP contribution in [0.2, 0.25) is 0 Å². The van der Waals surface area contributed by atoms with Crippen molar-refractivity contribution < 1.29 is 5.11 Å². The smallest absolute Gasteiger partial charge is 0.191 e. The number of aryl methyl sites for hydroxylation is 1. The minimum absolute atomic E-state index is 0. The van der Waals surface area contributed by atoms with Crippen molar-refractivity contribution in [3.8, 4) is 5.75 Å². The minimum atomic E-state index is 0. The number of nitrogens with zero attached hydrogens (tertiary/aromatic N) is 1. The molecule has 0 fully saturated rings. The van der Waals surface area contributed by atoms with Crippen LogP contribution in [0.15, 0.2) is 53.5 Å². The molecule has 0 saturated carbocycles. The van der Waals surface area contributed by atoms with Gasteiger partial charge in [0.2, 0.25) is 0 Å². The highest BCUT2D eigenvalue weighted by Gasteiger charge is 2.07. The van der Waals surface area contributed by atoms with Crippen molar-refractivity contribution in [3.63, 3.8) is 0 Å². The number of benzene rings is 2. The van der Waals surface area contributed by atoms with Gasteiger partial charge in [0.15, 0.2) is 5.96 Å². The van der Waals surface area contributed by atoms with E-state index in [9.17, 15) is 5.11 Å². The lowest BCUT2D eigenvalue weighted by atomic mass is 9.99. The van der Waals surface area contributed by atoms with Gasteiger partial charge in [-0.05, 0) is 43.0 Å². The summed E-state index contributed by atoms with van der Waals surface area (Å²) in [6.07, 6.45) is 0. The molecule has 136 valence electrons. The standard InChI is InChI=1S/C20H27N3O.HI/c1-4-21-20(23-14-17-8-10-19(24)11-9-17)22-13-16(3)18-7-5-6-15(2)12-18;/h5-12,16,24H,4,13-14H2,1-3H3,(H2,21,22,23);1H. The average Bonchev–Trinajstić information content (AvgIpc) is 2.58. The molecular formula is C20H28IN3O. The Morgan fingerprint density at radius 1 is 1.12 bits per heavy atom. The summed E-state index contributed by atoms with van der Waals surface area (Å²) < 4.78 is 0. The number of nitrogens with one attached hydrogen (secondary N) is 2. The molecule has 2 rings (SSSR count). The van der Waals surface area contributed by atoms with Gasteiger partial charge in [-0.3, -0.25) is 0 Å². The zero-order valence-electron chi connectivity index (χ0n) is 15.1. The van der Waals surface area contributed by atoms with E-state index in [1.807, 2.05) is 12.1 Å². The summed E-state index contributed by atoms with van der Waals surface area (Å²) in [5.74, 6) is 1.49. The number of hydrogen-bond donors (Lipinski definition) is 3. The molecule has 2 aromatic rings. The highest BCUT2D eigenvalue weighted by atomic mass is 127. The predicted molar refractivity (Wildman–Crippen MR) is 116 cm³/mol. The molecular weight excluding hydrogens is 425 g/mol. The van der Waals surface area contributed by atoms with E-state index in [-0.39, 0.29) is 29.7 Å². The number of guanidine groups is 1. The van der Waals surface area contributed by atoms with Crippen LogP contribution in [0.3, 0.4) is 0 Å². The molecule has 4 nitrogen and oxygen atoms in total. The van der Waals surface area contributed by atoms with Gasteiger partial charge in [-0.1, -0.05) is 48.9 Å². The summed E-state index contributed by atoms with van der Waals surface area (Å²) in [4.78, 5) is 4.61. The SMILES string of the molecule is CCNC(=NCc1ccc(O)cc1)NCC(C)c1cccc(C)c1.I. The zero-order valence-corrected chi connectivity index (χ0v) is 17.5. The fourth-order valence-corrected chi connectivity index (χ4v) is 2.46. The van der Waals surface area contributed by atoms with Crippen LogP contribution in [-0.2, 0) is 6.54 Å². The second-order valence-electron chi connectivity index (χ2n) is 6.06. The van der Waals surface area contributed by atoms with Gasteiger partial charge < -0.3 is 15.7 Å². The average molecular weight is 453 g/mol. The van der Waals surface area contributed by atoms with E-state index < -0.39 is 0 Å². The molecule has 0 saturated heterocycles. The second-order valence-corrected chi connectivity index (χ2v) is 6.06. The summed E-state index contributed by atoms with van der Waals surface area (Å²) in [7, 11) is 0. The molecule has 1 atom stereocenters. The largest absolute Gasteiger partial charge is 0.508 e. The lowest BCUT2D eigenvalue weighted by molar-refractivity contribution is 0.475. The highest BCUT2D eigenvalue weighted by molar-refractivity contribution is 14.0. The lowest BCUT2D eigenvalue weighted by Crippen LogP contribution is -2.39. The third-order valence-corrected chi connectivity index (χ3v) is 3.89. The molecule has 0 aromatic heterocycles. The fourth-order valence-electron chi connectivity index (χ4n) is 2.46. The van der Waals surface area contributed by atoms with E-state index >= 15 is 0 Å². The predicted octanol–water partition coefficient (Wildman–Crippen LogP) is 4.18. The van der Waals surface area contributed by atoms with Crippen LogP contribution >= 0.6 is 24.0 Å². The van der Waals surface area contributed by atoms with Gasteiger partial charge in [0.25, 0.3) is 0 Å². The van der Waals surface area contributed by atoms with Gasteiger partial charge in [-0.25, -0.2) is 4.99 Å². The molecule has 0 bridgehead atoms. The van der Waals surface area contributed by atoms with Crippen LogP contribution in [0.5, 0.6) is 5.75 Å². The second kappa shape index (κ2) is 11.0. The third-order valence-electron chi connectivity index (χ3n) is 3.89. The van der Waals surface area contributed by atoms with Gasteiger partial charge in [-0.2, -0.15) is 0 Å². The van der Waals surface area contributed by atoms with Crippen molar-refractivity contribution in [2.24, 2.45) is 4.99 Å². The number of rotatable bonds is 6. The molecule has 0 radical (unpaired) electrons. The molecule has 0 aliphatic carbocycles. The first-order valence-electron chi connectivity index (χ1n) is 8.45. The maximum absolute atomic E-state index is 9.33. The maximum Gasteiger partial charge on any atom is 0.191 e. The Labute approximate surface area is 167 Å². The number of halogens is 1. The molecule has 3 N–H and O–H groups in total. The van der Waals surface area contributed by atoms with Gasteiger partial charge in [0.1, 0.15) is 5.75 Å². The Hall–Kier alpha value is -1.76. The molecule has 0 spiro atoms. The molecule has 2 aromatic carbocycles. The molecule has 0 heterocycles. The number of aromatic hydroxyl groups is 1. The molecule has 25 heavy (non-hydrogen) atoms. The van der Waals surface area contributed by atoms with Gasteiger partial charge >= 0.3 is 0 Å². The van der Waals surface area contributed by atoms with Crippen LogP contribution in [0, 0.1) is 6.92 Å². The molecule has 0 aliphatic heterocycles.